The first-order chi connectivity index (χ1) is 9.83. The fourth-order valence-corrected chi connectivity index (χ4v) is 2.20. The van der Waals surface area contributed by atoms with E-state index in [-0.39, 0.29) is 11.9 Å². The normalized spacial score (nSPS) is 15.7. The van der Waals surface area contributed by atoms with E-state index in [1.165, 1.54) is 12.1 Å². The van der Waals surface area contributed by atoms with Gasteiger partial charge in [-0.05, 0) is 38.5 Å². The average molecular weight is 294 g/mol. The van der Waals surface area contributed by atoms with E-state index in [4.69, 9.17) is 4.74 Å². The third-order valence-electron chi connectivity index (χ3n) is 3.28. The average Bonchev–Trinajstić information content (AvgIpc) is 2.32. The van der Waals surface area contributed by atoms with E-state index in [1.807, 2.05) is 20.8 Å². The molecule has 0 aromatic heterocycles. The summed E-state index contributed by atoms with van der Waals surface area (Å²) in [6.45, 7) is 8.61. The number of nitrogens with one attached hydrogen (secondary N) is 1. The Kier molecular flexibility index (Phi) is 4.83. The molecule has 0 bridgehead atoms. The number of nitrogens with zero attached hydrogens (tertiary/aromatic N) is 1. The molecule has 0 saturated carbocycles. The molecule has 0 spiro atoms. The Balaban J connectivity index is 1.62. The topological polar surface area (TPSA) is 41.6 Å². The van der Waals surface area contributed by atoms with Gasteiger partial charge in [-0.1, -0.05) is 12.1 Å². The van der Waals surface area contributed by atoms with Crippen molar-refractivity contribution in [3.63, 3.8) is 0 Å². The van der Waals surface area contributed by atoms with E-state index in [9.17, 15) is 9.18 Å². The fraction of sp³-hybridized carbons (Fsp3) is 0.562. The predicted octanol–water partition coefficient (Wildman–Crippen LogP) is 2.78. The lowest BCUT2D eigenvalue weighted by Gasteiger charge is -2.39. The molecule has 4 nitrogen and oxygen atoms in total. The van der Waals surface area contributed by atoms with Crippen LogP contribution in [0.2, 0.25) is 0 Å². The summed E-state index contributed by atoms with van der Waals surface area (Å²) in [4.78, 5) is 13.5. The zero-order chi connectivity index (χ0) is 15.5. The molecule has 0 unspecified atom stereocenters. The molecule has 1 N–H and O–H groups in total. The highest BCUT2D eigenvalue weighted by atomic mass is 19.1. The second kappa shape index (κ2) is 6.43. The van der Waals surface area contributed by atoms with Gasteiger partial charge >= 0.3 is 6.09 Å². The Morgan fingerprint density at radius 3 is 2.52 bits per heavy atom. The lowest BCUT2D eigenvalue weighted by molar-refractivity contribution is -0.000798. The van der Waals surface area contributed by atoms with Gasteiger partial charge in [0.1, 0.15) is 11.4 Å². The fourth-order valence-electron chi connectivity index (χ4n) is 2.20. The minimum absolute atomic E-state index is 0.217. The maximum atomic E-state index is 12.8. The summed E-state index contributed by atoms with van der Waals surface area (Å²) in [7, 11) is 0. The van der Waals surface area contributed by atoms with E-state index in [0.29, 0.717) is 12.5 Å². The molecule has 1 aromatic carbocycles. The zero-order valence-corrected chi connectivity index (χ0v) is 12.9. The first-order valence-electron chi connectivity index (χ1n) is 7.26. The lowest BCUT2D eigenvalue weighted by Crippen LogP contribution is -2.54. The van der Waals surface area contributed by atoms with Crippen LogP contribution in [0, 0.1) is 11.7 Å². The maximum absolute atomic E-state index is 12.8. The molecule has 1 amide bonds. The quantitative estimate of drug-likeness (QED) is 0.928. The molecule has 5 heteroatoms. The number of hydrogen-bond acceptors (Lipinski definition) is 3. The zero-order valence-electron chi connectivity index (χ0n) is 12.9. The van der Waals surface area contributed by atoms with E-state index < -0.39 is 5.60 Å². The summed E-state index contributed by atoms with van der Waals surface area (Å²) >= 11 is 0. The number of carbonyl (C=O) groups excluding carboxylic acids is 1. The van der Waals surface area contributed by atoms with Gasteiger partial charge in [-0.3, -0.25) is 0 Å². The smallest absolute Gasteiger partial charge is 0.410 e. The summed E-state index contributed by atoms with van der Waals surface area (Å²) in [5.74, 6) is 0.240. The number of halogens is 1. The van der Waals surface area contributed by atoms with Crippen molar-refractivity contribution in [1.82, 2.24) is 10.2 Å². The van der Waals surface area contributed by atoms with Gasteiger partial charge in [0.25, 0.3) is 0 Å². The highest BCUT2D eigenvalue weighted by Crippen LogP contribution is 2.19. The van der Waals surface area contributed by atoms with E-state index in [2.05, 4.69) is 5.32 Å². The monoisotopic (exact) mass is 294 g/mol. The van der Waals surface area contributed by atoms with Crippen LogP contribution in [0.25, 0.3) is 0 Å². The third-order valence-corrected chi connectivity index (χ3v) is 3.28. The second-order valence-corrected chi connectivity index (χ2v) is 6.51. The van der Waals surface area contributed by atoms with Crippen LogP contribution in [0.1, 0.15) is 26.3 Å². The molecular weight excluding hydrogens is 271 g/mol. The summed E-state index contributed by atoms with van der Waals surface area (Å²) in [5.41, 5.74) is 0.614. The molecule has 21 heavy (non-hydrogen) atoms. The van der Waals surface area contributed by atoms with Gasteiger partial charge in [0.05, 0.1) is 0 Å². The highest BCUT2D eigenvalue weighted by molar-refractivity contribution is 5.69. The van der Waals surface area contributed by atoms with Gasteiger partial charge in [0, 0.05) is 32.1 Å². The molecule has 2 rings (SSSR count). The number of ether oxygens (including phenoxy) is 1. The van der Waals surface area contributed by atoms with Gasteiger partial charge in [-0.15, -0.1) is 0 Å². The SMILES string of the molecule is CC(C)(C)OC(=O)N1CC(CNCc2ccc(F)cc2)C1. The van der Waals surface area contributed by atoms with Crippen LogP contribution in [0.4, 0.5) is 9.18 Å². The molecule has 1 fully saturated rings. The second-order valence-electron chi connectivity index (χ2n) is 6.51. The third kappa shape index (κ3) is 5.01. The molecule has 0 atom stereocenters. The van der Waals surface area contributed by atoms with Crippen molar-refractivity contribution >= 4 is 6.09 Å². The van der Waals surface area contributed by atoms with Crippen LogP contribution in [-0.2, 0) is 11.3 Å². The number of hydrogen-bond donors (Lipinski definition) is 1. The van der Waals surface area contributed by atoms with E-state index >= 15 is 0 Å². The number of carbonyl (C=O) groups is 1. The molecule has 0 aliphatic carbocycles. The van der Waals surface area contributed by atoms with Gasteiger partial charge in [-0.25, -0.2) is 9.18 Å². The molecule has 1 heterocycles. The molecular formula is C16H23FN2O2. The lowest BCUT2D eigenvalue weighted by atomic mass is 10.0. The Morgan fingerprint density at radius 2 is 1.95 bits per heavy atom. The van der Waals surface area contributed by atoms with Crippen LogP contribution in [0.5, 0.6) is 0 Å². The summed E-state index contributed by atoms with van der Waals surface area (Å²) in [6.07, 6.45) is -0.239. The van der Waals surface area contributed by atoms with Crippen molar-refractivity contribution < 1.29 is 13.9 Å². The minimum atomic E-state index is -0.441. The molecule has 1 aliphatic heterocycles. The summed E-state index contributed by atoms with van der Waals surface area (Å²) < 4.78 is 18.1. The maximum Gasteiger partial charge on any atom is 0.410 e. The number of rotatable bonds is 4. The molecule has 1 aromatic rings. The van der Waals surface area contributed by atoms with E-state index in [0.717, 1.165) is 25.2 Å². The largest absolute Gasteiger partial charge is 0.444 e. The summed E-state index contributed by atoms with van der Waals surface area (Å²) in [6, 6.07) is 6.47. The Bertz CT molecular complexity index is 476. The van der Waals surface area contributed by atoms with Crippen LogP contribution in [0.3, 0.4) is 0 Å². The molecule has 1 aliphatic rings. The molecule has 0 radical (unpaired) electrons. The van der Waals surface area contributed by atoms with Crippen molar-refractivity contribution in [1.29, 1.82) is 0 Å². The van der Waals surface area contributed by atoms with Gasteiger partial charge < -0.3 is 15.0 Å². The molecule has 1 saturated heterocycles. The van der Waals surface area contributed by atoms with Crippen molar-refractivity contribution in [2.45, 2.75) is 32.9 Å². The van der Waals surface area contributed by atoms with Gasteiger partial charge in [0.2, 0.25) is 0 Å². The van der Waals surface area contributed by atoms with E-state index in [1.54, 1.807) is 17.0 Å². The first-order valence-corrected chi connectivity index (χ1v) is 7.26. The minimum Gasteiger partial charge on any atom is -0.444 e. The number of benzene rings is 1. The Hall–Kier alpha value is -1.62. The van der Waals surface area contributed by atoms with Crippen LogP contribution >= 0.6 is 0 Å². The van der Waals surface area contributed by atoms with Gasteiger partial charge in [-0.2, -0.15) is 0 Å². The van der Waals surface area contributed by atoms with Crippen molar-refractivity contribution in [3.05, 3.63) is 35.6 Å². The van der Waals surface area contributed by atoms with Crippen LogP contribution in [-0.4, -0.2) is 36.2 Å². The number of amides is 1. The van der Waals surface area contributed by atoms with Crippen LogP contribution < -0.4 is 5.32 Å². The van der Waals surface area contributed by atoms with Gasteiger partial charge in [0.15, 0.2) is 0 Å². The van der Waals surface area contributed by atoms with Crippen molar-refractivity contribution in [2.75, 3.05) is 19.6 Å². The summed E-state index contributed by atoms with van der Waals surface area (Å²) in [5, 5.41) is 3.33. The van der Waals surface area contributed by atoms with Crippen molar-refractivity contribution in [3.8, 4) is 0 Å². The Morgan fingerprint density at radius 1 is 1.33 bits per heavy atom. The molecule has 116 valence electrons. The van der Waals surface area contributed by atoms with Crippen LogP contribution in [0.15, 0.2) is 24.3 Å². The standard InChI is InChI=1S/C16H23FN2O2/c1-16(2,3)21-15(20)19-10-13(11-19)9-18-8-12-4-6-14(17)7-5-12/h4-7,13,18H,8-11H2,1-3H3. The first kappa shape index (κ1) is 15.8. The number of likely N-dealkylation sites (tertiary alicyclic amines) is 1. The Labute approximate surface area is 125 Å². The van der Waals surface area contributed by atoms with Crippen molar-refractivity contribution in [2.24, 2.45) is 5.92 Å². The highest BCUT2D eigenvalue weighted by Gasteiger charge is 2.33. The predicted molar refractivity (Wildman–Crippen MR) is 79.4 cm³/mol.